The summed E-state index contributed by atoms with van der Waals surface area (Å²) >= 11 is 6.45. The van der Waals surface area contributed by atoms with Crippen LogP contribution in [0.3, 0.4) is 0 Å². The summed E-state index contributed by atoms with van der Waals surface area (Å²) in [6, 6.07) is 11.6. The zero-order valence-corrected chi connectivity index (χ0v) is 31.6. The molecule has 1 saturated heterocycles. The van der Waals surface area contributed by atoms with Gasteiger partial charge in [0.2, 0.25) is 5.91 Å². The largest absolute Gasteiger partial charge is 0.490 e. The first-order chi connectivity index (χ1) is 23.9. The molecule has 3 heterocycles. The van der Waals surface area contributed by atoms with E-state index in [1.165, 1.54) is 11.1 Å². The van der Waals surface area contributed by atoms with E-state index in [1.54, 1.807) is 18.1 Å². The summed E-state index contributed by atoms with van der Waals surface area (Å²) in [5.41, 5.74) is 3.42. The van der Waals surface area contributed by atoms with Crippen molar-refractivity contribution >= 4 is 38.8 Å². The first-order valence-corrected chi connectivity index (χ1v) is 20.3. The topological polar surface area (TPSA) is 97.7 Å². The Kier molecular flexibility index (Phi) is 11.3. The van der Waals surface area contributed by atoms with Crippen LogP contribution in [0.25, 0.3) is 0 Å². The van der Waals surface area contributed by atoms with Crippen molar-refractivity contribution in [1.29, 1.82) is 0 Å². The lowest BCUT2D eigenvalue weighted by atomic mass is 9.70. The van der Waals surface area contributed by atoms with Gasteiger partial charge in [-0.1, -0.05) is 50.6 Å². The molecule has 6 atom stereocenters. The third-order valence-electron chi connectivity index (χ3n) is 11.1. The van der Waals surface area contributed by atoms with Crippen molar-refractivity contribution < 1.29 is 28.0 Å². The van der Waals surface area contributed by atoms with E-state index in [0.29, 0.717) is 57.1 Å². The highest BCUT2D eigenvalue weighted by molar-refractivity contribution is 7.94. The highest BCUT2D eigenvalue weighted by atomic mass is 35.5. The van der Waals surface area contributed by atoms with Crippen molar-refractivity contribution in [3.05, 3.63) is 70.3 Å². The molecule has 2 amide bonds. The molecule has 1 spiro atoms. The number of likely N-dealkylation sites (tertiary alicyclic amines) is 1. The zero-order chi connectivity index (χ0) is 35.6. The maximum atomic E-state index is 14.5. The van der Waals surface area contributed by atoms with Crippen LogP contribution in [0, 0.1) is 17.8 Å². The van der Waals surface area contributed by atoms with Crippen LogP contribution in [0.5, 0.6) is 5.75 Å². The molecule has 2 bridgehead atoms. The molecule has 0 saturated carbocycles. The molecular weight excluding hydrogens is 674 g/mol. The van der Waals surface area contributed by atoms with Gasteiger partial charge in [0, 0.05) is 61.6 Å². The molecule has 0 N–H and O–H groups in total. The number of allylic oxidation sites excluding steroid dienone is 1. The van der Waals surface area contributed by atoms with Crippen LogP contribution >= 0.6 is 11.6 Å². The molecule has 3 aliphatic heterocycles. The number of benzene rings is 2. The molecule has 6 rings (SSSR count). The maximum Gasteiger partial charge on any atom is 0.285 e. The summed E-state index contributed by atoms with van der Waals surface area (Å²) in [5.74, 6) is 0.0313. The van der Waals surface area contributed by atoms with E-state index >= 15 is 0 Å². The van der Waals surface area contributed by atoms with E-state index in [9.17, 15) is 13.8 Å². The van der Waals surface area contributed by atoms with Crippen LogP contribution in [0.1, 0.15) is 68.4 Å². The van der Waals surface area contributed by atoms with Crippen LogP contribution in [-0.4, -0.2) is 91.1 Å². The van der Waals surface area contributed by atoms with Gasteiger partial charge in [-0.25, -0.2) is 4.21 Å². The number of ether oxygens (including phenoxy) is 3. The van der Waals surface area contributed by atoms with E-state index in [-0.39, 0.29) is 52.8 Å². The average Bonchev–Trinajstić information content (AvgIpc) is 3.20. The number of fused-ring (bicyclic) bond motifs is 3. The number of carbonyl (C=O) groups excluding carboxylic acids is 2. The molecule has 11 heteroatoms. The van der Waals surface area contributed by atoms with Crippen molar-refractivity contribution in [3.63, 3.8) is 0 Å². The fourth-order valence-corrected chi connectivity index (χ4v) is 10.6. The van der Waals surface area contributed by atoms with E-state index in [4.69, 9.17) is 25.8 Å². The monoisotopic (exact) mass is 725 g/mol. The molecule has 0 unspecified atom stereocenters. The molecule has 0 radical (unpaired) electrons. The van der Waals surface area contributed by atoms with Crippen molar-refractivity contribution in [3.8, 4) is 5.75 Å². The van der Waals surface area contributed by atoms with Gasteiger partial charge >= 0.3 is 0 Å². The third-order valence-corrected chi connectivity index (χ3v) is 13.6. The number of hydrogen-bond donors (Lipinski definition) is 0. The quantitative estimate of drug-likeness (QED) is 0.323. The SMILES string of the molecule is CCOC1CN(C(=O)C[S@@]2(=O)=NC(=O)c3ccc4c(c3)N(C[C@H](C)[C@@H](C)[C@@H](OC)/C=C/C[C@H](C)C2)C[C@@]2(CCCc3cc(Cl)ccc32)CO4)C1. The van der Waals surface area contributed by atoms with Gasteiger partial charge < -0.3 is 24.0 Å². The number of methoxy groups -OCH3 is 1. The number of rotatable bonds is 5. The van der Waals surface area contributed by atoms with Gasteiger partial charge in [0.25, 0.3) is 5.91 Å². The lowest BCUT2D eigenvalue weighted by Crippen LogP contribution is -2.56. The molecule has 1 aliphatic carbocycles. The van der Waals surface area contributed by atoms with E-state index < -0.39 is 15.6 Å². The predicted octanol–water partition coefficient (Wildman–Crippen LogP) is 6.55. The molecular formula is C39H52ClN3O6S. The third kappa shape index (κ3) is 7.93. The summed E-state index contributed by atoms with van der Waals surface area (Å²) < 4.78 is 37.2. The number of halogens is 1. The van der Waals surface area contributed by atoms with Gasteiger partial charge in [-0.2, -0.15) is 4.36 Å². The number of anilines is 1. The second-order valence-electron chi connectivity index (χ2n) is 14.9. The Bertz CT molecular complexity index is 1730. The lowest BCUT2D eigenvalue weighted by molar-refractivity contribution is -0.141. The number of carbonyl (C=O) groups is 2. The smallest absolute Gasteiger partial charge is 0.285 e. The summed E-state index contributed by atoms with van der Waals surface area (Å²) in [5, 5.41) is 0.740. The fraction of sp³-hybridized carbons (Fsp3) is 0.590. The Morgan fingerprint density at radius 1 is 1.14 bits per heavy atom. The van der Waals surface area contributed by atoms with Gasteiger partial charge in [-0.3, -0.25) is 9.59 Å². The second kappa shape index (κ2) is 15.4. The van der Waals surface area contributed by atoms with E-state index in [1.807, 2.05) is 32.0 Å². The number of hydrogen-bond acceptors (Lipinski definition) is 7. The Morgan fingerprint density at radius 3 is 2.70 bits per heavy atom. The van der Waals surface area contributed by atoms with E-state index in [0.717, 1.165) is 30.0 Å². The molecule has 0 aromatic heterocycles. The Balaban J connectivity index is 1.39. The number of amides is 2. The highest BCUT2D eigenvalue weighted by Gasteiger charge is 2.42. The lowest BCUT2D eigenvalue weighted by Gasteiger charge is -2.42. The van der Waals surface area contributed by atoms with Crippen LogP contribution in [-0.2, 0) is 35.8 Å². The Labute approximate surface area is 302 Å². The molecule has 2 aromatic carbocycles. The number of nitrogens with zero attached hydrogens (tertiary/aromatic N) is 3. The minimum Gasteiger partial charge on any atom is -0.490 e. The average molecular weight is 726 g/mol. The molecule has 2 aromatic rings. The molecule has 9 nitrogen and oxygen atoms in total. The van der Waals surface area contributed by atoms with Crippen LogP contribution < -0.4 is 9.64 Å². The summed E-state index contributed by atoms with van der Waals surface area (Å²) in [4.78, 5) is 31.3. The first-order valence-electron chi connectivity index (χ1n) is 18.1. The van der Waals surface area contributed by atoms with Gasteiger partial charge in [0.15, 0.2) is 0 Å². The molecule has 272 valence electrons. The normalized spacial score (nSPS) is 31.2. The first kappa shape index (κ1) is 36.9. The minimum absolute atomic E-state index is 0.0104. The minimum atomic E-state index is -3.23. The summed E-state index contributed by atoms with van der Waals surface area (Å²) in [7, 11) is -1.49. The van der Waals surface area contributed by atoms with Crippen LogP contribution in [0.2, 0.25) is 5.02 Å². The maximum absolute atomic E-state index is 14.5. The van der Waals surface area contributed by atoms with Crippen LogP contribution in [0.15, 0.2) is 52.9 Å². The predicted molar refractivity (Wildman–Crippen MR) is 199 cm³/mol. The van der Waals surface area contributed by atoms with Crippen molar-refractivity contribution in [2.24, 2.45) is 22.1 Å². The number of aryl methyl sites for hydroxylation is 1. The van der Waals surface area contributed by atoms with Gasteiger partial charge in [0.1, 0.15) is 11.5 Å². The Hall–Kier alpha value is -2.92. The van der Waals surface area contributed by atoms with Crippen molar-refractivity contribution in [2.45, 2.75) is 71.0 Å². The highest BCUT2D eigenvalue weighted by Crippen LogP contribution is 2.45. The Morgan fingerprint density at radius 2 is 1.94 bits per heavy atom. The fourth-order valence-electron chi connectivity index (χ4n) is 8.11. The summed E-state index contributed by atoms with van der Waals surface area (Å²) in [6.07, 6.45) is 7.66. The molecule has 50 heavy (non-hydrogen) atoms. The second-order valence-corrected chi connectivity index (χ2v) is 17.7. The van der Waals surface area contributed by atoms with Gasteiger partial charge in [-0.15, -0.1) is 0 Å². The molecule has 4 aliphatic rings. The van der Waals surface area contributed by atoms with Gasteiger partial charge in [-0.05, 0) is 91.8 Å². The summed E-state index contributed by atoms with van der Waals surface area (Å²) in [6.45, 7) is 11.8. The van der Waals surface area contributed by atoms with Crippen molar-refractivity contribution in [1.82, 2.24) is 4.90 Å². The van der Waals surface area contributed by atoms with Crippen molar-refractivity contribution in [2.75, 3.05) is 62.9 Å². The zero-order valence-electron chi connectivity index (χ0n) is 30.1. The standard InChI is InChI=1S/C39H52ClN3O6S/c1-6-48-32-20-42(21-32)37(44)23-50(46)22-26(2)9-7-11-35(47-5)28(4)27(3)19-43-24-39(16-8-10-29-17-31(40)13-14-33(29)39)25-49-36-15-12-30(18-34(36)43)38(45)41-50/h7,11-15,17-18,26-28,32,35H,6,8-10,16,19-25H2,1-5H3/b11-7+/t26-,27-,28+,35-,39-,50+/m0/s1. The molecule has 1 fully saturated rings. The van der Waals surface area contributed by atoms with Crippen LogP contribution in [0.4, 0.5) is 5.69 Å². The van der Waals surface area contributed by atoms with Gasteiger partial charge in [0.05, 0.1) is 34.2 Å². The van der Waals surface area contributed by atoms with E-state index in [2.05, 4.69) is 47.4 Å².